The molecule has 0 aliphatic rings. The Hall–Kier alpha value is -2.29. The number of benzene rings is 2. The van der Waals surface area contributed by atoms with Crippen LogP contribution in [0.1, 0.15) is 75.6 Å². The van der Waals surface area contributed by atoms with Crippen LogP contribution in [0.15, 0.2) is 41.4 Å². The zero-order chi connectivity index (χ0) is 20.0. The highest BCUT2D eigenvalue weighted by Crippen LogP contribution is 2.33. The van der Waals surface area contributed by atoms with E-state index in [9.17, 15) is 0 Å². The Morgan fingerprint density at radius 3 is 1.78 bits per heavy atom. The number of aliphatic imine (C=N–C) groups is 1. The maximum absolute atomic E-state index is 5.67. The van der Waals surface area contributed by atoms with Gasteiger partial charge in [0.2, 0.25) is 0 Å². The van der Waals surface area contributed by atoms with E-state index in [0.29, 0.717) is 17.9 Å². The third kappa shape index (κ3) is 4.91. The van der Waals surface area contributed by atoms with Crippen molar-refractivity contribution in [3.05, 3.63) is 58.7 Å². The molecule has 0 bridgehead atoms. The lowest BCUT2D eigenvalue weighted by Gasteiger charge is -2.21. The molecule has 0 saturated carbocycles. The van der Waals surface area contributed by atoms with Crippen LogP contribution in [0.4, 0.5) is 11.4 Å². The van der Waals surface area contributed by atoms with Gasteiger partial charge in [0.05, 0.1) is 12.8 Å². The minimum Gasteiger partial charge on any atom is -0.468 e. The zero-order valence-electron chi connectivity index (χ0n) is 17.9. The summed E-state index contributed by atoms with van der Waals surface area (Å²) < 4.78 is 5.67. The third-order valence-electron chi connectivity index (χ3n) is 4.98. The third-order valence-corrected chi connectivity index (χ3v) is 4.98. The minimum absolute atomic E-state index is 0.415. The van der Waals surface area contributed by atoms with Crippen molar-refractivity contribution in [3.63, 3.8) is 0 Å². The van der Waals surface area contributed by atoms with Crippen LogP contribution in [0, 0.1) is 0 Å². The Morgan fingerprint density at radius 1 is 0.889 bits per heavy atom. The van der Waals surface area contributed by atoms with Gasteiger partial charge in [0.25, 0.3) is 6.02 Å². The number of hydrogen-bond donors (Lipinski definition) is 1. The molecule has 0 aliphatic carbocycles. The second-order valence-corrected chi connectivity index (χ2v) is 7.50. The van der Waals surface area contributed by atoms with Gasteiger partial charge >= 0.3 is 0 Å². The summed E-state index contributed by atoms with van der Waals surface area (Å²) in [5.41, 5.74) is 7.20. The highest BCUT2D eigenvalue weighted by Gasteiger charge is 2.16. The zero-order valence-corrected chi connectivity index (χ0v) is 17.9. The first-order valence-electron chi connectivity index (χ1n) is 10.1. The summed E-state index contributed by atoms with van der Waals surface area (Å²) in [6.45, 7) is 13.2. The number of amidine groups is 1. The van der Waals surface area contributed by atoms with Gasteiger partial charge in [-0.25, -0.2) is 0 Å². The second-order valence-electron chi connectivity index (χ2n) is 7.50. The fraction of sp³-hybridized carbons (Fsp3) is 0.458. The molecule has 2 rings (SSSR count). The largest absolute Gasteiger partial charge is 0.468 e. The number of methoxy groups -OCH3 is 1. The summed E-state index contributed by atoms with van der Waals surface area (Å²) in [4.78, 5) is 4.90. The summed E-state index contributed by atoms with van der Waals surface area (Å²) in [6, 6.07) is 13.5. The van der Waals surface area contributed by atoms with Crippen LogP contribution < -0.4 is 5.32 Å². The number of nitrogens with zero attached hydrogens (tertiary/aromatic N) is 1. The summed E-state index contributed by atoms with van der Waals surface area (Å²) >= 11 is 0. The number of para-hydroxylation sites is 2. The van der Waals surface area contributed by atoms with E-state index in [-0.39, 0.29) is 0 Å². The van der Waals surface area contributed by atoms with Gasteiger partial charge in [0, 0.05) is 5.69 Å². The molecule has 146 valence electrons. The van der Waals surface area contributed by atoms with Crippen molar-refractivity contribution >= 4 is 17.4 Å². The lowest BCUT2D eigenvalue weighted by atomic mass is 9.93. The van der Waals surface area contributed by atoms with E-state index in [2.05, 4.69) is 83.3 Å². The Labute approximate surface area is 164 Å². The van der Waals surface area contributed by atoms with Crippen molar-refractivity contribution < 1.29 is 4.74 Å². The van der Waals surface area contributed by atoms with Crippen LogP contribution in [-0.2, 0) is 17.6 Å². The first kappa shape index (κ1) is 21.0. The van der Waals surface area contributed by atoms with Crippen LogP contribution in [-0.4, -0.2) is 13.1 Å². The van der Waals surface area contributed by atoms with Gasteiger partial charge in [-0.2, -0.15) is 4.99 Å². The molecule has 0 saturated heterocycles. The molecule has 27 heavy (non-hydrogen) atoms. The number of anilines is 1. The van der Waals surface area contributed by atoms with Crippen molar-refractivity contribution in [3.8, 4) is 0 Å². The summed E-state index contributed by atoms with van der Waals surface area (Å²) in [5.74, 6) is 0.830. The first-order valence-corrected chi connectivity index (χ1v) is 10.1. The molecular weight excluding hydrogens is 332 g/mol. The SMILES string of the molecule is CCc1cccc(CC)c1N=C(Nc1c(C(C)C)cccc1C(C)C)OC. The van der Waals surface area contributed by atoms with Gasteiger partial charge in [0.1, 0.15) is 0 Å². The number of hydrogen-bond acceptors (Lipinski definition) is 2. The molecule has 3 nitrogen and oxygen atoms in total. The Balaban J connectivity index is 2.55. The van der Waals surface area contributed by atoms with Gasteiger partial charge in [-0.05, 0) is 46.9 Å². The predicted octanol–water partition coefficient (Wildman–Crippen LogP) is 6.80. The highest BCUT2D eigenvalue weighted by atomic mass is 16.5. The standard InChI is InChI=1S/C24H34N2O/c1-8-18-12-10-13-19(9-2)22(18)25-24(27-7)26-23-20(16(3)4)14-11-15-21(23)17(5)6/h10-17H,8-9H2,1-7H3,(H,25,26). The van der Waals surface area contributed by atoms with E-state index in [1.165, 1.54) is 22.3 Å². The number of ether oxygens (including phenoxy) is 1. The molecule has 0 heterocycles. The normalized spacial score (nSPS) is 12.0. The molecule has 0 spiro atoms. The Kier molecular flexibility index (Phi) is 7.46. The molecule has 2 aromatic carbocycles. The monoisotopic (exact) mass is 366 g/mol. The molecule has 0 radical (unpaired) electrons. The molecule has 2 aromatic rings. The Morgan fingerprint density at radius 2 is 1.37 bits per heavy atom. The molecule has 0 amide bonds. The smallest absolute Gasteiger partial charge is 0.294 e. The summed E-state index contributed by atoms with van der Waals surface area (Å²) in [7, 11) is 1.68. The fourth-order valence-electron chi connectivity index (χ4n) is 3.39. The van der Waals surface area contributed by atoms with Gasteiger partial charge in [-0.3, -0.25) is 0 Å². The van der Waals surface area contributed by atoms with Gasteiger partial charge in [-0.15, -0.1) is 0 Å². The van der Waals surface area contributed by atoms with Crippen molar-refractivity contribution in [2.75, 3.05) is 12.4 Å². The number of nitrogens with one attached hydrogen (secondary N) is 1. The lowest BCUT2D eigenvalue weighted by Crippen LogP contribution is -2.17. The van der Waals surface area contributed by atoms with Crippen LogP contribution in [0.3, 0.4) is 0 Å². The Bertz CT molecular complexity index is 742. The average Bonchev–Trinajstić information content (AvgIpc) is 2.66. The van der Waals surface area contributed by atoms with Crippen LogP contribution in [0.25, 0.3) is 0 Å². The molecular formula is C24H34N2O. The highest BCUT2D eigenvalue weighted by molar-refractivity contribution is 5.93. The second kappa shape index (κ2) is 9.59. The van der Waals surface area contributed by atoms with Gasteiger partial charge in [0.15, 0.2) is 0 Å². The lowest BCUT2D eigenvalue weighted by molar-refractivity contribution is 0.402. The maximum atomic E-state index is 5.67. The summed E-state index contributed by atoms with van der Waals surface area (Å²) in [5, 5.41) is 3.51. The van der Waals surface area contributed by atoms with Crippen LogP contribution >= 0.6 is 0 Å². The van der Waals surface area contributed by atoms with E-state index < -0.39 is 0 Å². The van der Waals surface area contributed by atoms with Crippen LogP contribution in [0.5, 0.6) is 0 Å². The van der Waals surface area contributed by atoms with E-state index in [4.69, 9.17) is 9.73 Å². The van der Waals surface area contributed by atoms with E-state index in [0.717, 1.165) is 24.2 Å². The number of rotatable bonds is 6. The van der Waals surface area contributed by atoms with Gasteiger partial charge in [-0.1, -0.05) is 77.9 Å². The van der Waals surface area contributed by atoms with Gasteiger partial charge < -0.3 is 10.1 Å². The topological polar surface area (TPSA) is 33.6 Å². The van der Waals surface area contributed by atoms with Crippen molar-refractivity contribution in [2.45, 2.75) is 66.2 Å². The van der Waals surface area contributed by atoms with Crippen molar-refractivity contribution in [2.24, 2.45) is 4.99 Å². The number of aryl methyl sites for hydroxylation is 2. The summed E-state index contributed by atoms with van der Waals surface area (Å²) in [6.07, 6.45) is 1.90. The van der Waals surface area contributed by atoms with Crippen molar-refractivity contribution in [1.29, 1.82) is 0 Å². The molecule has 0 atom stereocenters. The van der Waals surface area contributed by atoms with Crippen LogP contribution in [0.2, 0.25) is 0 Å². The van der Waals surface area contributed by atoms with E-state index in [1.54, 1.807) is 7.11 Å². The molecule has 1 N–H and O–H groups in total. The molecule has 0 fully saturated rings. The minimum atomic E-state index is 0.415. The van der Waals surface area contributed by atoms with E-state index in [1.807, 2.05) is 0 Å². The molecule has 3 heteroatoms. The van der Waals surface area contributed by atoms with E-state index >= 15 is 0 Å². The molecule has 0 unspecified atom stereocenters. The average molecular weight is 367 g/mol. The molecule has 0 aliphatic heterocycles. The molecule has 0 aromatic heterocycles. The first-order chi connectivity index (χ1) is 12.9. The van der Waals surface area contributed by atoms with Crippen molar-refractivity contribution in [1.82, 2.24) is 0 Å². The maximum Gasteiger partial charge on any atom is 0.294 e. The quantitative estimate of drug-likeness (QED) is 0.450. The fourth-order valence-corrected chi connectivity index (χ4v) is 3.39. The predicted molar refractivity (Wildman–Crippen MR) is 118 cm³/mol.